The second-order valence-corrected chi connectivity index (χ2v) is 12.1. The lowest BCUT2D eigenvalue weighted by atomic mass is 9.88. The van der Waals surface area contributed by atoms with Crippen molar-refractivity contribution >= 4 is 11.6 Å². The number of amides is 1. The highest BCUT2D eigenvalue weighted by Gasteiger charge is 2.47. The highest BCUT2D eigenvalue weighted by Crippen LogP contribution is 2.39. The van der Waals surface area contributed by atoms with Crippen LogP contribution in [0.5, 0.6) is 0 Å². The summed E-state index contributed by atoms with van der Waals surface area (Å²) in [7, 11) is 1.21. The van der Waals surface area contributed by atoms with E-state index in [4.69, 9.17) is 14.2 Å². The fourth-order valence-electron chi connectivity index (χ4n) is 6.45. The maximum atomic E-state index is 15.3. The molecule has 3 aliphatic rings. The number of alkyl halides is 6. The van der Waals surface area contributed by atoms with Crippen LogP contribution in [0.4, 0.5) is 40.8 Å². The topological polar surface area (TPSA) is 106 Å². The highest BCUT2D eigenvalue weighted by molar-refractivity contribution is 5.95. The maximum Gasteiger partial charge on any atom is 0.418 e. The van der Waals surface area contributed by atoms with Crippen molar-refractivity contribution < 1.29 is 59.2 Å². The van der Waals surface area contributed by atoms with Crippen LogP contribution >= 0.6 is 0 Å². The van der Waals surface area contributed by atoms with Gasteiger partial charge < -0.3 is 34.1 Å². The summed E-state index contributed by atoms with van der Waals surface area (Å²) in [5.74, 6) is -4.11. The Hall–Kier alpha value is -4.06. The fraction of sp³-hybridized carbons (Fsp3) is 0.438. The average Bonchev–Trinajstić information content (AvgIpc) is 3.53. The number of nitrogens with zero attached hydrogens (tertiary/aromatic N) is 2. The van der Waals surface area contributed by atoms with Crippen molar-refractivity contribution in [1.82, 2.24) is 9.88 Å². The van der Waals surface area contributed by atoms with E-state index in [9.17, 15) is 41.0 Å². The van der Waals surface area contributed by atoms with Crippen molar-refractivity contribution in [2.75, 3.05) is 24.7 Å². The number of nitrogens with one attached hydrogen (secondary N) is 1. The number of ether oxygens (including phenoxy) is 3. The zero-order valence-electron chi connectivity index (χ0n) is 25.8. The zero-order valence-corrected chi connectivity index (χ0v) is 25.8. The van der Waals surface area contributed by atoms with Crippen molar-refractivity contribution in [2.24, 2.45) is 7.05 Å². The number of aliphatic hydroxyl groups is 1. The number of hydrogen-bond acceptors (Lipinski definition) is 7. The van der Waals surface area contributed by atoms with E-state index in [1.807, 2.05) is 0 Å². The molecule has 1 amide bonds. The van der Waals surface area contributed by atoms with Gasteiger partial charge in [-0.15, -0.1) is 0 Å². The molecular formula is C32H29F8N3O6. The molecule has 0 radical (unpaired) electrons. The number of carbonyl (C=O) groups excluding carboxylic acids is 1. The molecule has 1 aromatic heterocycles. The van der Waals surface area contributed by atoms with Crippen LogP contribution in [0.25, 0.3) is 11.1 Å². The summed E-state index contributed by atoms with van der Waals surface area (Å²) in [5.41, 5.74) is -1.92. The molecule has 2 N–H and O–H groups in total. The molecule has 2 saturated heterocycles. The molecule has 0 spiro atoms. The van der Waals surface area contributed by atoms with Gasteiger partial charge in [0.25, 0.3) is 11.5 Å². The van der Waals surface area contributed by atoms with Gasteiger partial charge in [0.15, 0.2) is 6.29 Å². The standard InChI is InChI=1S/C32H29F8N3O6/c1-14-20(31(35,36)37)10-42(2)29(45)25(14)17-4-3-15(18-11-48-12-19(17)18)7-23(27-30(46)49-27)41-28(44)26-21(33)8-16(9-22(26)34)43-5-6-47-13-24(43)32(38,39)40/h3-4,8-10,23-24,27,30,46H,5-7,11-13H2,1-2H3,(H,41,44)/t23-,24+,27?,30?/m0/s1. The molecule has 0 aliphatic carbocycles. The zero-order chi connectivity index (χ0) is 35.6. The van der Waals surface area contributed by atoms with E-state index in [0.717, 1.165) is 15.7 Å². The number of anilines is 1. The van der Waals surface area contributed by atoms with E-state index < -0.39 is 83.4 Å². The van der Waals surface area contributed by atoms with E-state index in [1.165, 1.54) is 26.1 Å². The van der Waals surface area contributed by atoms with Gasteiger partial charge >= 0.3 is 12.4 Å². The molecule has 9 nitrogen and oxygen atoms in total. The first kappa shape index (κ1) is 34.8. The molecule has 49 heavy (non-hydrogen) atoms. The minimum Gasteiger partial charge on any atom is -0.377 e. The van der Waals surface area contributed by atoms with Gasteiger partial charge in [-0.1, -0.05) is 12.1 Å². The van der Waals surface area contributed by atoms with E-state index in [2.05, 4.69) is 5.32 Å². The Kier molecular flexibility index (Phi) is 9.00. The first-order valence-electron chi connectivity index (χ1n) is 15.0. The molecule has 6 rings (SSSR count). The first-order valence-corrected chi connectivity index (χ1v) is 15.0. The number of pyridine rings is 1. The van der Waals surface area contributed by atoms with E-state index in [0.29, 0.717) is 28.8 Å². The number of carbonyl (C=O) groups is 1. The molecule has 3 aromatic rings. The van der Waals surface area contributed by atoms with Crippen LogP contribution in [0.3, 0.4) is 0 Å². The molecule has 2 aromatic carbocycles. The highest BCUT2D eigenvalue weighted by atomic mass is 19.4. The second-order valence-electron chi connectivity index (χ2n) is 12.1. The molecule has 4 heterocycles. The summed E-state index contributed by atoms with van der Waals surface area (Å²) in [5, 5.41) is 12.5. The summed E-state index contributed by atoms with van der Waals surface area (Å²) < 4.78 is 129. The predicted molar refractivity (Wildman–Crippen MR) is 156 cm³/mol. The van der Waals surface area contributed by atoms with Gasteiger partial charge in [0.1, 0.15) is 29.3 Å². The molecule has 264 valence electrons. The van der Waals surface area contributed by atoms with Crippen LogP contribution in [-0.4, -0.2) is 66.0 Å². The smallest absolute Gasteiger partial charge is 0.377 e. The van der Waals surface area contributed by atoms with Crippen LogP contribution in [0, 0.1) is 18.6 Å². The van der Waals surface area contributed by atoms with E-state index in [1.54, 1.807) is 0 Å². The summed E-state index contributed by atoms with van der Waals surface area (Å²) in [6.07, 6.45) is -11.2. The molecule has 2 fully saturated rings. The Labute approximate surface area is 273 Å². The van der Waals surface area contributed by atoms with Crippen molar-refractivity contribution in [2.45, 2.75) is 63.4 Å². The largest absolute Gasteiger partial charge is 0.418 e. The lowest BCUT2D eigenvalue weighted by molar-refractivity contribution is -0.167. The van der Waals surface area contributed by atoms with Crippen LogP contribution in [0.15, 0.2) is 35.3 Å². The monoisotopic (exact) mass is 703 g/mol. The van der Waals surface area contributed by atoms with Gasteiger partial charge in [-0.05, 0) is 53.3 Å². The minimum atomic E-state index is -4.76. The van der Waals surface area contributed by atoms with Gasteiger partial charge in [-0.3, -0.25) is 9.59 Å². The van der Waals surface area contributed by atoms with Gasteiger partial charge in [0.2, 0.25) is 0 Å². The number of aromatic nitrogens is 1. The number of fused-ring (bicyclic) bond motifs is 1. The number of rotatable bonds is 7. The summed E-state index contributed by atoms with van der Waals surface area (Å²) in [6, 6.07) is 0.980. The van der Waals surface area contributed by atoms with Crippen molar-refractivity contribution in [1.29, 1.82) is 0 Å². The number of epoxide rings is 1. The Balaban J connectivity index is 1.29. The number of aliphatic hydroxyl groups excluding tert-OH is 1. The Morgan fingerprint density at radius 3 is 2.33 bits per heavy atom. The van der Waals surface area contributed by atoms with Crippen LogP contribution in [0.2, 0.25) is 0 Å². The van der Waals surface area contributed by atoms with Gasteiger partial charge in [-0.25, -0.2) is 8.78 Å². The SMILES string of the molecule is Cc1c(C(F)(F)F)cn(C)c(=O)c1-c1ccc(C[C@H](NC(=O)c2c(F)cc(N3CCOC[C@@H]3C(F)(F)F)cc2F)C2OC2O)c2c1COC2. The van der Waals surface area contributed by atoms with Crippen LogP contribution in [0.1, 0.15) is 38.2 Å². The van der Waals surface area contributed by atoms with Crippen LogP contribution < -0.4 is 15.8 Å². The quantitative estimate of drug-likeness (QED) is 0.276. The third kappa shape index (κ3) is 6.63. The van der Waals surface area contributed by atoms with E-state index in [-0.39, 0.29) is 49.5 Å². The van der Waals surface area contributed by atoms with Crippen LogP contribution in [-0.2, 0) is 47.1 Å². The Morgan fingerprint density at radius 2 is 1.71 bits per heavy atom. The first-order chi connectivity index (χ1) is 23.0. The molecule has 3 aliphatic heterocycles. The molecule has 0 bridgehead atoms. The van der Waals surface area contributed by atoms with Crippen molar-refractivity contribution in [3.63, 3.8) is 0 Å². The molecular weight excluding hydrogens is 674 g/mol. The number of aryl methyl sites for hydroxylation is 1. The van der Waals surface area contributed by atoms with Gasteiger partial charge in [0.05, 0.1) is 43.6 Å². The average molecular weight is 704 g/mol. The third-order valence-corrected chi connectivity index (χ3v) is 8.98. The summed E-state index contributed by atoms with van der Waals surface area (Å²) in [4.78, 5) is 27.1. The van der Waals surface area contributed by atoms with Gasteiger partial charge in [0, 0.05) is 25.5 Å². The van der Waals surface area contributed by atoms with Crippen molar-refractivity contribution in [3.05, 3.63) is 85.8 Å². The molecule has 17 heteroatoms. The second kappa shape index (κ2) is 12.7. The van der Waals surface area contributed by atoms with Gasteiger partial charge in [-0.2, -0.15) is 26.3 Å². The molecule has 2 unspecified atom stereocenters. The Morgan fingerprint density at radius 1 is 1.06 bits per heavy atom. The third-order valence-electron chi connectivity index (χ3n) is 8.98. The lowest BCUT2D eigenvalue weighted by Gasteiger charge is -2.38. The predicted octanol–water partition coefficient (Wildman–Crippen LogP) is 4.51. The summed E-state index contributed by atoms with van der Waals surface area (Å²) >= 11 is 0. The summed E-state index contributed by atoms with van der Waals surface area (Å²) in [6.45, 7) is -0.00770. The number of morpholine rings is 1. The lowest BCUT2D eigenvalue weighted by Crippen LogP contribution is -2.53. The normalized spacial score (nSPS) is 21.4. The number of hydrogen-bond donors (Lipinski definition) is 2. The van der Waals surface area contributed by atoms with Crippen molar-refractivity contribution in [3.8, 4) is 11.1 Å². The number of halogens is 8. The maximum absolute atomic E-state index is 15.3. The fourth-order valence-corrected chi connectivity index (χ4v) is 6.45. The molecule has 0 saturated carbocycles. The molecule has 4 atom stereocenters. The Bertz CT molecular complexity index is 1840. The minimum absolute atomic E-state index is 0.00322. The van der Waals surface area contributed by atoms with E-state index >= 15 is 8.78 Å². The number of benzene rings is 2.